The fourth-order valence-corrected chi connectivity index (χ4v) is 2.28. The fourth-order valence-electron chi connectivity index (χ4n) is 2.28. The summed E-state index contributed by atoms with van der Waals surface area (Å²) >= 11 is 0. The summed E-state index contributed by atoms with van der Waals surface area (Å²) in [4.78, 5) is 0. The highest BCUT2D eigenvalue weighted by Crippen LogP contribution is 2.29. The second-order valence-corrected chi connectivity index (χ2v) is 5.74. The Bertz CT molecular complexity index is 632. The molecule has 0 saturated carbocycles. The molecule has 5 nitrogen and oxygen atoms in total. The minimum absolute atomic E-state index is 0.0535. The number of fused-ring (bicyclic) bond motifs is 1. The van der Waals surface area contributed by atoms with E-state index in [9.17, 15) is 4.39 Å². The fraction of sp³-hybridized carbons (Fsp3) is 0.429. The van der Waals surface area contributed by atoms with E-state index in [4.69, 9.17) is 10.5 Å². The van der Waals surface area contributed by atoms with Gasteiger partial charge in [-0.25, -0.2) is 9.07 Å². The predicted octanol–water partition coefficient (Wildman–Crippen LogP) is 1.61. The van der Waals surface area contributed by atoms with Gasteiger partial charge in [0.25, 0.3) is 0 Å². The average molecular weight is 276 g/mol. The Morgan fingerprint density at radius 1 is 1.50 bits per heavy atom. The standard InChI is InChI=1S/C14H17FN4O/c1-14(2,16)13-8-19(18-17-13)7-11-6-9-5-10(15)3-4-12(9)20-11/h3-5,8,11H,6-7,16H2,1-2H3. The van der Waals surface area contributed by atoms with Gasteiger partial charge in [-0.1, -0.05) is 5.21 Å². The van der Waals surface area contributed by atoms with Crippen LogP contribution in [-0.2, 0) is 18.5 Å². The van der Waals surface area contributed by atoms with Crippen LogP contribution in [0, 0.1) is 5.82 Å². The smallest absolute Gasteiger partial charge is 0.123 e. The Morgan fingerprint density at radius 2 is 2.30 bits per heavy atom. The SMILES string of the molecule is CC(C)(N)c1cn(CC2Cc3cc(F)ccc3O2)nn1. The number of nitrogens with zero attached hydrogens (tertiary/aromatic N) is 3. The molecule has 3 rings (SSSR count). The van der Waals surface area contributed by atoms with E-state index in [1.807, 2.05) is 20.0 Å². The molecule has 0 fully saturated rings. The lowest BCUT2D eigenvalue weighted by Gasteiger charge is -2.13. The second kappa shape index (κ2) is 4.56. The van der Waals surface area contributed by atoms with Crippen molar-refractivity contribution >= 4 is 0 Å². The van der Waals surface area contributed by atoms with E-state index in [2.05, 4.69) is 10.3 Å². The van der Waals surface area contributed by atoms with Gasteiger partial charge in [0, 0.05) is 12.0 Å². The molecule has 1 atom stereocenters. The monoisotopic (exact) mass is 276 g/mol. The Kier molecular flexibility index (Phi) is 2.97. The van der Waals surface area contributed by atoms with Crippen molar-refractivity contribution in [3.63, 3.8) is 0 Å². The first kappa shape index (κ1) is 13.1. The summed E-state index contributed by atoms with van der Waals surface area (Å²) < 4.78 is 20.6. The van der Waals surface area contributed by atoms with Crippen LogP contribution in [0.4, 0.5) is 4.39 Å². The molecule has 1 aliphatic rings. The van der Waals surface area contributed by atoms with Crippen molar-refractivity contribution in [2.24, 2.45) is 5.73 Å². The van der Waals surface area contributed by atoms with Gasteiger partial charge in [-0.15, -0.1) is 5.10 Å². The highest BCUT2D eigenvalue weighted by atomic mass is 19.1. The van der Waals surface area contributed by atoms with Gasteiger partial charge in [-0.3, -0.25) is 0 Å². The van der Waals surface area contributed by atoms with Crippen molar-refractivity contribution in [2.45, 2.75) is 38.5 Å². The van der Waals surface area contributed by atoms with Crippen LogP contribution in [0.1, 0.15) is 25.1 Å². The molecule has 0 radical (unpaired) electrons. The number of halogens is 1. The highest BCUT2D eigenvalue weighted by Gasteiger charge is 2.25. The highest BCUT2D eigenvalue weighted by molar-refractivity contribution is 5.37. The van der Waals surface area contributed by atoms with Crippen LogP contribution in [0.5, 0.6) is 5.75 Å². The summed E-state index contributed by atoms with van der Waals surface area (Å²) in [5.74, 6) is 0.511. The van der Waals surface area contributed by atoms with Crippen LogP contribution in [0.2, 0.25) is 0 Å². The van der Waals surface area contributed by atoms with Gasteiger partial charge in [0.2, 0.25) is 0 Å². The number of benzene rings is 1. The lowest BCUT2D eigenvalue weighted by molar-refractivity contribution is 0.202. The topological polar surface area (TPSA) is 66.0 Å². The first-order valence-corrected chi connectivity index (χ1v) is 6.56. The molecule has 2 aromatic rings. The molecule has 0 spiro atoms. The van der Waals surface area contributed by atoms with Crippen molar-refractivity contribution in [3.05, 3.63) is 41.5 Å². The van der Waals surface area contributed by atoms with Crippen molar-refractivity contribution in [2.75, 3.05) is 0 Å². The lowest BCUT2D eigenvalue weighted by atomic mass is 10.0. The number of hydrogen-bond acceptors (Lipinski definition) is 4. The van der Waals surface area contributed by atoms with Crippen LogP contribution in [-0.4, -0.2) is 21.1 Å². The molecule has 106 valence electrons. The van der Waals surface area contributed by atoms with Crippen LogP contribution in [0.3, 0.4) is 0 Å². The largest absolute Gasteiger partial charge is 0.488 e. The molecule has 0 bridgehead atoms. The Morgan fingerprint density at radius 3 is 3.00 bits per heavy atom. The van der Waals surface area contributed by atoms with E-state index in [1.54, 1.807) is 10.7 Å². The second-order valence-electron chi connectivity index (χ2n) is 5.74. The van der Waals surface area contributed by atoms with E-state index < -0.39 is 5.54 Å². The summed E-state index contributed by atoms with van der Waals surface area (Å²) in [6.45, 7) is 4.33. The maximum Gasteiger partial charge on any atom is 0.123 e. The van der Waals surface area contributed by atoms with E-state index >= 15 is 0 Å². The predicted molar refractivity (Wildman–Crippen MR) is 71.8 cm³/mol. The summed E-state index contributed by atoms with van der Waals surface area (Å²) in [5.41, 5.74) is 7.09. The van der Waals surface area contributed by atoms with E-state index in [0.717, 1.165) is 17.0 Å². The number of nitrogens with two attached hydrogens (primary N) is 1. The maximum atomic E-state index is 13.2. The molecular formula is C14H17FN4O. The first-order valence-electron chi connectivity index (χ1n) is 6.56. The minimum atomic E-state index is -0.513. The zero-order valence-corrected chi connectivity index (χ0v) is 11.5. The third-order valence-corrected chi connectivity index (χ3v) is 3.35. The zero-order chi connectivity index (χ0) is 14.3. The Labute approximate surface area is 116 Å². The van der Waals surface area contributed by atoms with Crippen molar-refractivity contribution in [3.8, 4) is 5.75 Å². The molecule has 1 aromatic heterocycles. The van der Waals surface area contributed by atoms with E-state index in [1.165, 1.54) is 12.1 Å². The summed E-state index contributed by atoms with van der Waals surface area (Å²) in [6, 6.07) is 4.59. The van der Waals surface area contributed by atoms with Gasteiger partial charge < -0.3 is 10.5 Å². The van der Waals surface area contributed by atoms with Crippen molar-refractivity contribution < 1.29 is 9.13 Å². The van der Waals surface area contributed by atoms with Crippen LogP contribution < -0.4 is 10.5 Å². The Balaban J connectivity index is 1.70. The lowest BCUT2D eigenvalue weighted by Crippen LogP contribution is -2.29. The third kappa shape index (κ3) is 2.51. The normalized spacial score (nSPS) is 17.9. The molecule has 0 saturated heterocycles. The number of hydrogen-bond donors (Lipinski definition) is 1. The quantitative estimate of drug-likeness (QED) is 0.925. The summed E-state index contributed by atoms with van der Waals surface area (Å²) in [7, 11) is 0. The molecule has 2 heterocycles. The van der Waals surface area contributed by atoms with E-state index in [0.29, 0.717) is 13.0 Å². The third-order valence-electron chi connectivity index (χ3n) is 3.35. The molecule has 20 heavy (non-hydrogen) atoms. The number of aromatic nitrogens is 3. The number of ether oxygens (including phenoxy) is 1. The van der Waals surface area contributed by atoms with Crippen molar-refractivity contribution in [1.82, 2.24) is 15.0 Å². The average Bonchev–Trinajstić information content (AvgIpc) is 2.94. The molecule has 1 aromatic carbocycles. The summed E-state index contributed by atoms with van der Waals surface area (Å²) in [5, 5.41) is 8.12. The molecular weight excluding hydrogens is 259 g/mol. The van der Waals surface area contributed by atoms with Gasteiger partial charge >= 0.3 is 0 Å². The van der Waals surface area contributed by atoms with Gasteiger partial charge in [0.1, 0.15) is 23.4 Å². The van der Waals surface area contributed by atoms with Crippen LogP contribution >= 0.6 is 0 Å². The number of rotatable bonds is 3. The first-order chi connectivity index (χ1) is 9.41. The Hall–Kier alpha value is -1.95. The van der Waals surface area contributed by atoms with E-state index in [-0.39, 0.29) is 11.9 Å². The molecule has 0 aliphatic carbocycles. The molecule has 1 aliphatic heterocycles. The van der Waals surface area contributed by atoms with Gasteiger partial charge in [0.15, 0.2) is 0 Å². The molecule has 6 heteroatoms. The van der Waals surface area contributed by atoms with Gasteiger partial charge in [-0.05, 0) is 32.0 Å². The maximum absolute atomic E-state index is 13.2. The van der Waals surface area contributed by atoms with Crippen molar-refractivity contribution in [1.29, 1.82) is 0 Å². The molecule has 1 unspecified atom stereocenters. The van der Waals surface area contributed by atoms with Crippen LogP contribution in [0.25, 0.3) is 0 Å². The zero-order valence-electron chi connectivity index (χ0n) is 11.5. The van der Waals surface area contributed by atoms with Crippen LogP contribution in [0.15, 0.2) is 24.4 Å². The summed E-state index contributed by atoms with van der Waals surface area (Å²) in [6.07, 6.45) is 2.45. The minimum Gasteiger partial charge on any atom is -0.488 e. The molecule has 2 N–H and O–H groups in total. The van der Waals surface area contributed by atoms with Gasteiger partial charge in [0.05, 0.1) is 18.3 Å². The molecule has 0 amide bonds. The van der Waals surface area contributed by atoms with Gasteiger partial charge in [-0.2, -0.15) is 0 Å².